The van der Waals surface area contributed by atoms with E-state index in [-0.39, 0.29) is 5.91 Å². The number of ether oxygens (including phenoxy) is 1. The van der Waals surface area contributed by atoms with E-state index in [4.69, 9.17) is 14.6 Å². The fraction of sp³-hybridized carbons (Fsp3) is 0.562. The van der Waals surface area contributed by atoms with Crippen molar-refractivity contribution >= 4 is 17.6 Å². The van der Waals surface area contributed by atoms with E-state index < -0.39 is 12.1 Å². The molecule has 2 fully saturated rings. The summed E-state index contributed by atoms with van der Waals surface area (Å²) >= 11 is 0. The molecule has 230 valence electrons. The van der Waals surface area contributed by atoms with E-state index in [0.717, 1.165) is 75.9 Å². The number of piperazine rings is 1. The first kappa shape index (κ1) is 31.7. The van der Waals surface area contributed by atoms with Gasteiger partial charge in [-0.2, -0.15) is 13.2 Å². The first-order valence-corrected chi connectivity index (χ1v) is 15.0. The second-order valence-electron chi connectivity index (χ2n) is 11.3. The predicted octanol–water partition coefficient (Wildman–Crippen LogP) is 5.80. The highest BCUT2D eigenvalue weighted by atomic mass is 19.4. The number of nitrogens with zero attached hydrogens (tertiary/aromatic N) is 3. The summed E-state index contributed by atoms with van der Waals surface area (Å²) in [7, 11) is 0. The van der Waals surface area contributed by atoms with E-state index >= 15 is 0 Å². The third-order valence-electron chi connectivity index (χ3n) is 8.41. The van der Waals surface area contributed by atoms with Crippen LogP contribution in [0.5, 0.6) is 5.75 Å². The van der Waals surface area contributed by atoms with Crippen LogP contribution in [0.3, 0.4) is 0 Å². The standard InChI is InChI=1S/C30H41N3O2.C2HF3O2/c1-24-7-4-5-16-31(24)17-6-22-35-29-14-12-28(13-15-29)32-18-20-33(21-19-32)30(34)27-11-10-25-8-2-3-9-26(25)23-27;3-2(4,5)1(6)7/h10-15,23-24H,2-9,16-22H2,1H3;(H,6,7). The lowest BCUT2D eigenvalue weighted by Crippen LogP contribution is -2.48. The Balaban J connectivity index is 0.000000517. The highest BCUT2D eigenvalue weighted by molar-refractivity contribution is 5.94. The number of amides is 1. The maximum atomic E-state index is 13.1. The largest absolute Gasteiger partial charge is 0.494 e. The molecule has 1 aliphatic carbocycles. The Morgan fingerprint density at radius 2 is 1.57 bits per heavy atom. The number of piperidine rings is 1. The van der Waals surface area contributed by atoms with Gasteiger partial charge in [0.25, 0.3) is 5.91 Å². The molecule has 5 rings (SSSR count). The third-order valence-corrected chi connectivity index (χ3v) is 8.41. The number of carbonyl (C=O) groups is 2. The Labute approximate surface area is 246 Å². The number of likely N-dealkylation sites (tertiary alicyclic amines) is 1. The van der Waals surface area contributed by atoms with Crippen LogP contribution in [0.1, 0.15) is 66.9 Å². The molecule has 2 aromatic rings. The van der Waals surface area contributed by atoms with Crippen LogP contribution in [0.15, 0.2) is 42.5 Å². The summed E-state index contributed by atoms with van der Waals surface area (Å²) in [4.78, 5) is 29.0. The minimum Gasteiger partial charge on any atom is -0.494 e. The molecule has 1 N–H and O–H groups in total. The lowest BCUT2D eigenvalue weighted by Gasteiger charge is -2.36. The lowest BCUT2D eigenvalue weighted by molar-refractivity contribution is -0.192. The van der Waals surface area contributed by atoms with Gasteiger partial charge in [-0.05, 0) is 106 Å². The van der Waals surface area contributed by atoms with Crippen molar-refractivity contribution in [3.05, 3.63) is 59.2 Å². The Morgan fingerprint density at radius 3 is 2.21 bits per heavy atom. The van der Waals surface area contributed by atoms with Gasteiger partial charge in [-0.3, -0.25) is 4.79 Å². The molecule has 1 amide bonds. The minimum absolute atomic E-state index is 0.181. The average molecular weight is 590 g/mol. The number of aryl methyl sites for hydroxylation is 2. The van der Waals surface area contributed by atoms with Gasteiger partial charge in [0.2, 0.25) is 0 Å². The van der Waals surface area contributed by atoms with Gasteiger partial charge < -0.3 is 24.5 Å². The highest BCUT2D eigenvalue weighted by Gasteiger charge is 2.38. The van der Waals surface area contributed by atoms with Gasteiger partial charge in [0.1, 0.15) is 5.75 Å². The summed E-state index contributed by atoms with van der Waals surface area (Å²) in [6, 6.07) is 15.6. The molecule has 0 spiro atoms. The molecule has 7 nitrogen and oxygen atoms in total. The first-order chi connectivity index (χ1) is 20.1. The van der Waals surface area contributed by atoms with Crippen molar-refractivity contribution in [3.8, 4) is 5.75 Å². The SMILES string of the molecule is CC1CCCCN1CCCOc1ccc(N2CCN(C(=O)c3ccc4c(c3)CCCC4)CC2)cc1.O=C(O)C(F)(F)F. The van der Waals surface area contributed by atoms with Crippen LogP contribution in [-0.2, 0) is 17.6 Å². The van der Waals surface area contributed by atoms with Crippen LogP contribution < -0.4 is 9.64 Å². The van der Waals surface area contributed by atoms with Gasteiger partial charge in [0.15, 0.2) is 0 Å². The first-order valence-electron chi connectivity index (χ1n) is 15.0. The minimum atomic E-state index is -5.08. The van der Waals surface area contributed by atoms with E-state index in [1.165, 1.54) is 55.5 Å². The summed E-state index contributed by atoms with van der Waals surface area (Å²) in [5, 5.41) is 7.12. The predicted molar refractivity (Wildman–Crippen MR) is 156 cm³/mol. The number of halogens is 3. The zero-order valence-electron chi connectivity index (χ0n) is 24.4. The van der Waals surface area contributed by atoms with E-state index in [1.54, 1.807) is 0 Å². The summed E-state index contributed by atoms with van der Waals surface area (Å²) in [5.41, 5.74) is 4.88. The highest BCUT2D eigenvalue weighted by Crippen LogP contribution is 2.25. The van der Waals surface area contributed by atoms with Crippen molar-refractivity contribution < 1.29 is 32.6 Å². The zero-order valence-corrected chi connectivity index (χ0v) is 24.4. The number of anilines is 1. The van der Waals surface area contributed by atoms with Crippen molar-refractivity contribution in [2.24, 2.45) is 0 Å². The Kier molecular flexibility index (Phi) is 11.1. The molecule has 1 unspecified atom stereocenters. The van der Waals surface area contributed by atoms with Gasteiger partial charge in [-0.1, -0.05) is 12.5 Å². The van der Waals surface area contributed by atoms with Crippen molar-refractivity contribution in [1.29, 1.82) is 0 Å². The second kappa shape index (κ2) is 14.8. The quantitative estimate of drug-likeness (QED) is 0.412. The molecule has 3 aliphatic rings. The number of carboxylic acid groups (broad SMARTS) is 1. The Hall–Kier alpha value is -3.27. The second-order valence-corrected chi connectivity index (χ2v) is 11.3. The van der Waals surface area contributed by atoms with Crippen LogP contribution in [0.25, 0.3) is 0 Å². The average Bonchev–Trinajstić information content (AvgIpc) is 3.00. The molecular formula is C32H42F3N3O4. The molecule has 0 radical (unpaired) electrons. The molecule has 2 saturated heterocycles. The summed E-state index contributed by atoms with van der Waals surface area (Å²) in [6.07, 6.45) is 4.82. The summed E-state index contributed by atoms with van der Waals surface area (Å²) < 4.78 is 37.7. The van der Waals surface area contributed by atoms with Crippen LogP contribution >= 0.6 is 0 Å². The molecule has 42 heavy (non-hydrogen) atoms. The number of alkyl halides is 3. The van der Waals surface area contributed by atoms with E-state index in [0.29, 0.717) is 0 Å². The number of hydrogen-bond acceptors (Lipinski definition) is 5. The lowest BCUT2D eigenvalue weighted by atomic mass is 9.90. The zero-order chi connectivity index (χ0) is 30.1. The Morgan fingerprint density at radius 1 is 0.905 bits per heavy atom. The number of fused-ring (bicyclic) bond motifs is 1. The van der Waals surface area contributed by atoms with Gasteiger partial charge in [0.05, 0.1) is 6.61 Å². The molecule has 2 heterocycles. The number of hydrogen-bond donors (Lipinski definition) is 1. The maximum absolute atomic E-state index is 13.1. The molecular weight excluding hydrogens is 547 g/mol. The number of aliphatic carboxylic acids is 1. The molecule has 10 heteroatoms. The molecule has 2 aromatic carbocycles. The molecule has 0 saturated carbocycles. The van der Waals surface area contributed by atoms with Crippen molar-refractivity contribution in [3.63, 3.8) is 0 Å². The van der Waals surface area contributed by atoms with Crippen LogP contribution in [0.4, 0.5) is 18.9 Å². The third kappa shape index (κ3) is 8.86. The van der Waals surface area contributed by atoms with Crippen LogP contribution in [0.2, 0.25) is 0 Å². The molecule has 2 aliphatic heterocycles. The van der Waals surface area contributed by atoms with Crippen molar-refractivity contribution in [2.75, 3.05) is 50.8 Å². The molecule has 0 aromatic heterocycles. The van der Waals surface area contributed by atoms with Crippen LogP contribution in [0, 0.1) is 0 Å². The summed E-state index contributed by atoms with van der Waals surface area (Å²) in [5.74, 6) is -1.63. The van der Waals surface area contributed by atoms with E-state index in [9.17, 15) is 18.0 Å². The molecule has 0 bridgehead atoms. The number of rotatable bonds is 7. The van der Waals surface area contributed by atoms with Gasteiger partial charge in [-0.15, -0.1) is 0 Å². The fourth-order valence-electron chi connectivity index (χ4n) is 5.92. The fourth-order valence-corrected chi connectivity index (χ4v) is 5.92. The van der Waals surface area contributed by atoms with E-state index in [2.05, 4.69) is 53.1 Å². The summed E-state index contributed by atoms with van der Waals surface area (Å²) in [6.45, 7) is 8.76. The normalized spacial score (nSPS) is 19.4. The van der Waals surface area contributed by atoms with Crippen molar-refractivity contribution in [2.45, 2.75) is 70.5 Å². The van der Waals surface area contributed by atoms with Gasteiger partial charge >= 0.3 is 12.1 Å². The smallest absolute Gasteiger partial charge is 0.490 e. The number of carboxylic acids is 1. The number of benzene rings is 2. The maximum Gasteiger partial charge on any atom is 0.490 e. The number of carbonyl (C=O) groups excluding carboxylic acids is 1. The van der Waals surface area contributed by atoms with Gasteiger partial charge in [0, 0.05) is 50.0 Å². The van der Waals surface area contributed by atoms with Crippen molar-refractivity contribution in [1.82, 2.24) is 9.80 Å². The van der Waals surface area contributed by atoms with E-state index in [1.807, 2.05) is 11.0 Å². The monoisotopic (exact) mass is 589 g/mol. The van der Waals surface area contributed by atoms with Crippen LogP contribution in [-0.4, -0.2) is 84.9 Å². The Bertz CT molecular complexity index is 1180. The molecule has 1 atom stereocenters. The topological polar surface area (TPSA) is 73.3 Å². The van der Waals surface area contributed by atoms with Gasteiger partial charge in [-0.25, -0.2) is 4.79 Å².